The minimum atomic E-state index is -0.715. The molecule has 0 aliphatic carbocycles. The Bertz CT molecular complexity index is 887. The number of carboxylic acid groups (broad SMARTS) is 1. The Hall–Kier alpha value is -2.96. The highest BCUT2D eigenvalue weighted by Crippen LogP contribution is 2.30. The van der Waals surface area contributed by atoms with Crippen molar-refractivity contribution in [2.45, 2.75) is 33.6 Å². The second-order valence-electron chi connectivity index (χ2n) is 7.45. The number of nitrogens with two attached hydrogens (primary N) is 1. The molecule has 2 aromatic rings. The zero-order valence-electron chi connectivity index (χ0n) is 16.5. The van der Waals surface area contributed by atoms with Gasteiger partial charge in [0.2, 0.25) is 0 Å². The van der Waals surface area contributed by atoms with Crippen LogP contribution < -0.4 is 10.6 Å². The van der Waals surface area contributed by atoms with Gasteiger partial charge in [0.1, 0.15) is 5.69 Å². The van der Waals surface area contributed by atoms with Gasteiger partial charge >= 0.3 is 5.97 Å². The highest BCUT2D eigenvalue weighted by Gasteiger charge is 2.28. The van der Waals surface area contributed by atoms with Gasteiger partial charge in [0.15, 0.2) is 0 Å². The molecule has 1 unspecified atom stereocenters. The van der Waals surface area contributed by atoms with E-state index in [-0.39, 0.29) is 17.5 Å². The fourth-order valence-corrected chi connectivity index (χ4v) is 3.83. The maximum absolute atomic E-state index is 11.6. The van der Waals surface area contributed by atoms with Gasteiger partial charge in [-0.2, -0.15) is 0 Å². The number of benzene rings is 1. The molecule has 3 rings (SSSR count). The molecule has 1 fully saturated rings. The van der Waals surface area contributed by atoms with E-state index in [0.717, 1.165) is 42.9 Å². The van der Waals surface area contributed by atoms with Gasteiger partial charge in [-0.1, -0.05) is 19.1 Å². The molecule has 7 nitrogen and oxygen atoms in total. The van der Waals surface area contributed by atoms with E-state index >= 15 is 0 Å². The standard InChI is InChI=1S/C21H26N4O3/c1-12(21(27)28)15-8-10-25(11-9-15)17-6-4-16(5-7-17)18-13(2)23-14(3)19(24-18)20(22)26/h4-7,12,15H,8-11H2,1-3H3,(H2,22,26)(H,27,28). The van der Waals surface area contributed by atoms with Gasteiger partial charge in [-0.05, 0) is 44.7 Å². The fraction of sp³-hybridized carbons (Fsp3) is 0.429. The number of rotatable bonds is 5. The number of nitrogens with zero attached hydrogens (tertiary/aromatic N) is 3. The van der Waals surface area contributed by atoms with E-state index in [2.05, 4.69) is 14.9 Å². The number of aromatic nitrogens is 2. The number of aliphatic carboxylic acids is 1. The van der Waals surface area contributed by atoms with Gasteiger partial charge in [0.25, 0.3) is 5.91 Å². The summed E-state index contributed by atoms with van der Waals surface area (Å²) < 4.78 is 0. The van der Waals surface area contributed by atoms with Crippen LogP contribution in [0.5, 0.6) is 0 Å². The third kappa shape index (κ3) is 3.98. The average Bonchev–Trinajstić information content (AvgIpc) is 2.67. The Morgan fingerprint density at radius 1 is 1.11 bits per heavy atom. The fourth-order valence-electron chi connectivity index (χ4n) is 3.83. The molecule has 28 heavy (non-hydrogen) atoms. The molecule has 0 saturated carbocycles. The minimum Gasteiger partial charge on any atom is -0.481 e. The van der Waals surface area contributed by atoms with E-state index in [1.165, 1.54) is 0 Å². The molecule has 1 amide bonds. The molecular weight excluding hydrogens is 356 g/mol. The lowest BCUT2D eigenvalue weighted by molar-refractivity contribution is -0.143. The number of carbonyl (C=O) groups is 2. The Balaban J connectivity index is 1.76. The maximum atomic E-state index is 11.6. The highest BCUT2D eigenvalue weighted by molar-refractivity contribution is 5.92. The molecule has 2 heterocycles. The number of aryl methyl sites for hydroxylation is 2. The smallest absolute Gasteiger partial charge is 0.306 e. The number of amides is 1. The van der Waals surface area contributed by atoms with Crippen molar-refractivity contribution in [1.29, 1.82) is 0 Å². The quantitative estimate of drug-likeness (QED) is 0.823. The first kappa shape index (κ1) is 19.8. The molecule has 0 spiro atoms. The summed E-state index contributed by atoms with van der Waals surface area (Å²) in [7, 11) is 0. The van der Waals surface area contributed by atoms with Crippen LogP contribution >= 0.6 is 0 Å². The lowest BCUT2D eigenvalue weighted by Crippen LogP contribution is -2.37. The number of hydrogen-bond donors (Lipinski definition) is 2. The first-order valence-corrected chi connectivity index (χ1v) is 9.51. The summed E-state index contributed by atoms with van der Waals surface area (Å²) in [6.45, 7) is 7.07. The molecule has 0 bridgehead atoms. The molecular formula is C21H26N4O3. The van der Waals surface area contributed by atoms with Crippen molar-refractivity contribution >= 4 is 17.6 Å². The Labute approximate surface area is 164 Å². The zero-order chi connectivity index (χ0) is 20.4. The van der Waals surface area contributed by atoms with Crippen LogP contribution in [0.1, 0.15) is 41.6 Å². The second-order valence-corrected chi connectivity index (χ2v) is 7.45. The molecule has 3 N–H and O–H groups in total. The summed E-state index contributed by atoms with van der Waals surface area (Å²) >= 11 is 0. The molecule has 1 aliphatic rings. The predicted octanol–water partition coefficient (Wildman–Crippen LogP) is 2.80. The van der Waals surface area contributed by atoms with Crippen LogP contribution in [0.4, 0.5) is 5.69 Å². The normalized spacial score (nSPS) is 16.0. The first-order chi connectivity index (χ1) is 13.3. The monoisotopic (exact) mass is 382 g/mol. The summed E-state index contributed by atoms with van der Waals surface area (Å²) in [5.74, 6) is -1.37. The van der Waals surface area contributed by atoms with Crippen molar-refractivity contribution in [2.75, 3.05) is 18.0 Å². The molecule has 1 aromatic carbocycles. The average molecular weight is 382 g/mol. The van der Waals surface area contributed by atoms with E-state index in [1.807, 2.05) is 31.2 Å². The molecule has 148 valence electrons. The number of primary amides is 1. The Kier molecular flexibility index (Phi) is 5.63. The van der Waals surface area contributed by atoms with Crippen LogP contribution in [0.3, 0.4) is 0 Å². The minimum absolute atomic E-state index is 0.194. The van der Waals surface area contributed by atoms with Crippen molar-refractivity contribution in [1.82, 2.24) is 9.97 Å². The van der Waals surface area contributed by atoms with Crippen molar-refractivity contribution in [3.8, 4) is 11.3 Å². The summed E-state index contributed by atoms with van der Waals surface area (Å²) in [6, 6.07) is 8.00. The lowest BCUT2D eigenvalue weighted by Gasteiger charge is -2.35. The SMILES string of the molecule is Cc1nc(C)c(-c2ccc(N3CCC(C(C)C(=O)O)CC3)cc2)nc1C(N)=O. The molecule has 1 aliphatic heterocycles. The van der Waals surface area contributed by atoms with Crippen LogP contribution in [0.2, 0.25) is 0 Å². The highest BCUT2D eigenvalue weighted by atomic mass is 16.4. The zero-order valence-corrected chi connectivity index (χ0v) is 16.5. The number of anilines is 1. The predicted molar refractivity (Wildman–Crippen MR) is 107 cm³/mol. The van der Waals surface area contributed by atoms with E-state index in [0.29, 0.717) is 11.4 Å². The Morgan fingerprint density at radius 2 is 1.71 bits per heavy atom. The summed E-state index contributed by atoms with van der Waals surface area (Å²) in [5, 5.41) is 9.20. The number of carbonyl (C=O) groups excluding carboxylic acids is 1. The van der Waals surface area contributed by atoms with E-state index in [1.54, 1.807) is 13.8 Å². The lowest BCUT2D eigenvalue weighted by atomic mass is 9.85. The molecule has 1 saturated heterocycles. The molecule has 1 atom stereocenters. The van der Waals surface area contributed by atoms with Crippen molar-refractivity contribution in [2.24, 2.45) is 17.6 Å². The third-order valence-electron chi connectivity index (χ3n) is 5.62. The van der Waals surface area contributed by atoms with Gasteiger partial charge in [-0.15, -0.1) is 0 Å². The number of carboxylic acids is 1. The molecule has 0 radical (unpaired) electrons. The van der Waals surface area contributed by atoms with E-state index < -0.39 is 11.9 Å². The summed E-state index contributed by atoms with van der Waals surface area (Å²) in [5.41, 5.74) is 9.50. The second kappa shape index (κ2) is 7.96. The number of hydrogen-bond acceptors (Lipinski definition) is 5. The third-order valence-corrected chi connectivity index (χ3v) is 5.62. The van der Waals surface area contributed by atoms with Gasteiger partial charge < -0.3 is 15.7 Å². The van der Waals surface area contributed by atoms with Crippen LogP contribution in [0.25, 0.3) is 11.3 Å². The van der Waals surface area contributed by atoms with Crippen LogP contribution in [-0.2, 0) is 4.79 Å². The van der Waals surface area contributed by atoms with Crippen LogP contribution in [0, 0.1) is 25.7 Å². The van der Waals surface area contributed by atoms with Crippen molar-refractivity contribution < 1.29 is 14.7 Å². The largest absolute Gasteiger partial charge is 0.481 e. The first-order valence-electron chi connectivity index (χ1n) is 9.51. The van der Waals surface area contributed by atoms with Crippen molar-refractivity contribution in [3.63, 3.8) is 0 Å². The van der Waals surface area contributed by atoms with Gasteiger partial charge in [0.05, 0.1) is 23.0 Å². The summed E-state index contributed by atoms with van der Waals surface area (Å²) in [6.07, 6.45) is 1.75. The molecule has 1 aromatic heterocycles. The van der Waals surface area contributed by atoms with Crippen LogP contribution in [-0.4, -0.2) is 40.0 Å². The van der Waals surface area contributed by atoms with E-state index in [9.17, 15) is 14.7 Å². The van der Waals surface area contributed by atoms with E-state index in [4.69, 9.17) is 5.73 Å². The topological polar surface area (TPSA) is 109 Å². The van der Waals surface area contributed by atoms with Gasteiger partial charge in [0, 0.05) is 24.3 Å². The Morgan fingerprint density at radius 3 is 2.25 bits per heavy atom. The van der Waals surface area contributed by atoms with Gasteiger partial charge in [-0.3, -0.25) is 14.6 Å². The number of piperidine rings is 1. The van der Waals surface area contributed by atoms with Gasteiger partial charge in [-0.25, -0.2) is 4.98 Å². The van der Waals surface area contributed by atoms with Crippen molar-refractivity contribution in [3.05, 3.63) is 41.3 Å². The van der Waals surface area contributed by atoms with Crippen LogP contribution in [0.15, 0.2) is 24.3 Å². The maximum Gasteiger partial charge on any atom is 0.306 e. The summed E-state index contributed by atoms with van der Waals surface area (Å²) in [4.78, 5) is 33.9. The molecule has 7 heteroatoms.